The number of carbonyl (C=O) groups excluding carboxylic acids is 1. The van der Waals surface area contributed by atoms with E-state index >= 15 is 0 Å². The average Bonchev–Trinajstić information content (AvgIpc) is 2.84. The zero-order valence-corrected chi connectivity index (χ0v) is 19.2. The van der Waals surface area contributed by atoms with Crippen LogP contribution in [0.15, 0.2) is 59.6 Å². The number of hydrogen-bond acceptors (Lipinski definition) is 6. The van der Waals surface area contributed by atoms with Crippen molar-refractivity contribution in [1.82, 2.24) is 5.32 Å². The van der Waals surface area contributed by atoms with Gasteiger partial charge in [-0.1, -0.05) is 12.1 Å². The fraction of sp³-hybridized carbons (Fsp3) is 0.259. The van der Waals surface area contributed by atoms with E-state index in [2.05, 4.69) is 15.6 Å². The second-order valence-corrected chi connectivity index (χ2v) is 8.61. The Morgan fingerprint density at radius 1 is 1.15 bits per heavy atom. The highest BCUT2D eigenvalue weighted by Gasteiger charge is 2.28. The molecule has 0 saturated heterocycles. The van der Waals surface area contributed by atoms with Crippen molar-refractivity contribution >= 4 is 17.8 Å². The van der Waals surface area contributed by atoms with E-state index in [0.717, 1.165) is 40.9 Å². The van der Waals surface area contributed by atoms with Crippen LogP contribution in [0.3, 0.4) is 0 Å². The van der Waals surface area contributed by atoms with E-state index in [-0.39, 0.29) is 17.7 Å². The zero-order chi connectivity index (χ0) is 23.7. The van der Waals surface area contributed by atoms with Crippen molar-refractivity contribution in [2.45, 2.75) is 31.8 Å². The monoisotopic (exact) mass is 457 g/mol. The van der Waals surface area contributed by atoms with E-state index in [9.17, 15) is 9.90 Å². The van der Waals surface area contributed by atoms with Crippen molar-refractivity contribution in [1.29, 1.82) is 0 Å². The third kappa shape index (κ3) is 4.29. The Morgan fingerprint density at radius 2 is 1.97 bits per heavy atom. The third-order valence-electron chi connectivity index (χ3n) is 6.35. The first kappa shape index (κ1) is 21.8. The van der Waals surface area contributed by atoms with Crippen molar-refractivity contribution in [2.24, 2.45) is 4.99 Å². The maximum Gasteiger partial charge on any atom is 0.245 e. The van der Waals surface area contributed by atoms with Gasteiger partial charge in [-0.3, -0.25) is 9.79 Å². The lowest BCUT2D eigenvalue weighted by Crippen LogP contribution is -2.40. The van der Waals surface area contributed by atoms with Crippen molar-refractivity contribution in [3.8, 4) is 23.0 Å². The number of amides is 1. The number of nitrogens with zero attached hydrogens (tertiary/aromatic N) is 1. The Balaban J connectivity index is 1.34. The molecule has 5 rings (SSSR count). The molecule has 2 aliphatic heterocycles. The summed E-state index contributed by atoms with van der Waals surface area (Å²) in [6.45, 7) is 2.71. The van der Waals surface area contributed by atoms with Crippen molar-refractivity contribution in [3.05, 3.63) is 76.9 Å². The molecule has 1 amide bonds. The van der Waals surface area contributed by atoms with Crippen LogP contribution in [0.5, 0.6) is 23.0 Å². The summed E-state index contributed by atoms with van der Waals surface area (Å²) in [5.74, 6) is 2.06. The number of benzene rings is 3. The van der Waals surface area contributed by atoms with Crippen LogP contribution in [0.2, 0.25) is 0 Å². The molecule has 2 heterocycles. The van der Waals surface area contributed by atoms with Crippen LogP contribution in [0.4, 0.5) is 5.69 Å². The van der Waals surface area contributed by atoms with Crippen LogP contribution >= 0.6 is 0 Å². The second kappa shape index (κ2) is 9.09. The van der Waals surface area contributed by atoms with Gasteiger partial charge in [-0.05, 0) is 72.5 Å². The van der Waals surface area contributed by atoms with E-state index in [1.165, 1.54) is 0 Å². The highest BCUT2D eigenvalue weighted by molar-refractivity contribution is 5.91. The Hall–Kier alpha value is -4.00. The minimum absolute atomic E-state index is 0.108. The van der Waals surface area contributed by atoms with Crippen LogP contribution in [0, 0.1) is 6.92 Å². The van der Waals surface area contributed by atoms with Gasteiger partial charge in [0.2, 0.25) is 5.91 Å². The standard InChI is InChI=1S/C27H27N3O4/c1-16-11-18(31)12-17-15-29-24(14-20(16)17)27(32)30-23-9-10-28-22-8-7-19(13-21(22)23)34-26-6-4-3-5-25(26)33-2/h3-8,11-13,15,23-24,28,31H,9-10,14H2,1-2H3,(H,30,32). The molecule has 0 spiro atoms. The molecular weight excluding hydrogens is 430 g/mol. The Bertz CT molecular complexity index is 1270. The highest BCUT2D eigenvalue weighted by atomic mass is 16.5. The number of fused-ring (bicyclic) bond motifs is 2. The van der Waals surface area contributed by atoms with E-state index < -0.39 is 6.04 Å². The number of aryl methyl sites for hydroxylation is 1. The first-order chi connectivity index (χ1) is 16.5. The molecule has 0 radical (unpaired) electrons. The van der Waals surface area contributed by atoms with Crippen molar-refractivity contribution in [3.63, 3.8) is 0 Å². The topological polar surface area (TPSA) is 92.2 Å². The summed E-state index contributed by atoms with van der Waals surface area (Å²) in [6, 6.07) is 16.1. The minimum atomic E-state index is -0.498. The van der Waals surface area contributed by atoms with Gasteiger partial charge in [-0.2, -0.15) is 0 Å². The summed E-state index contributed by atoms with van der Waals surface area (Å²) in [4.78, 5) is 17.6. The van der Waals surface area contributed by atoms with Gasteiger partial charge in [-0.15, -0.1) is 0 Å². The average molecular weight is 458 g/mol. The first-order valence-corrected chi connectivity index (χ1v) is 11.4. The molecule has 3 aromatic rings. The number of methoxy groups -OCH3 is 1. The second-order valence-electron chi connectivity index (χ2n) is 8.61. The van der Waals surface area contributed by atoms with Crippen LogP contribution in [0.25, 0.3) is 0 Å². The molecule has 0 aliphatic carbocycles. The Labute approximate surface area is 198 Å². The number of hydrogen-bond donors (Lipinski definition) is 3. The summed E-state index contributed by atoms with van der Waals surface area (Å²) < 4.78 is 11.5. The number of aliphatic imine (C=N–C) groups is 1. The quantitative estimate of drug-likeness (QED) is 0.524. The smallest absolute Gasteiger partial charge is 0.245 e. The molecule has 0 saturated carbocycles. The summed E-state index contributed by atoms with van der Waals surface area (Å²) in [5, 5.41) is 16.4. The number of para-hydroxylation sites is 2. The normalized spacial score (nSPS) is 18.3. The van der Waals surface area contributed by atoms with Gasteiger partial charge in [-0.25, -0.2) is 0 Å². The molecule has 2 atom stereocenters. The third-order valence-corrected chi connectivity index (χ3v) is 6.35. The molecule has 3 aromatic carbocycles. The SMILES string of the molecule is COc1ccccc1Oc1ccc2c(c1)C(NC(=O)C1Cc3c(C)cc(O)cc3C=N1)CCN2. The van der Waals surface area contributed by atoms with Gasteiger partial charge >= 0.3 is 0 Å². The molecule has 2 aliphatic rings. The van der Waals surface area contributed by atoms with Gasteiger partial charge in [0.1, 0.15) is 17.5 Å². The van der Waals surface area contributed by atoms with Gasteiger partial charge < -0.3 is 25.2 Å². The molecule has 3 N–H and O–H groups in total. The molecule has 7 heteroatoms. The molecule has 7 nitrogen and oxygen atoms in total. The van der Waals surface area contributed by atoms with Crippen LogP contribution in [-0.2, 0) is 11.2 Å². The lowest BCUT2D eigenvalue weighted by atomic mass is 9.92. The predicted molar refractivity (Wildman–Crippen MR) is 131 cm³/mol. The number of carbonyl (C=O) groups is 1. The van der Waals surface area contributed by atoms with Gasteiger partial charge in [0.15, 0.2) is 11.5 Å². The molecule has 34 heavy (non-hydrogen) atoms. The van der Waals surface area contributed by atoms with Gasteiger partial charge in [0, 0.05) is 30.4 Å². The van der Waals surface area contributed by atoms with Crippen molar-refractivity contribution in [2.75, 3.05) is 19.0 Å². The summed E-state index contributed by atoms with van der Waals surface area (Å²) >= 11 is 0. The number of ether oxygens (including phenoxy) is 2. The Morgan fingerprint density at radius 3 is 2.79 bits per heavy atom. The van der Waals surface area contributed by atoms with E-state index in [4.69, 9.17) is 9.47 Å². The zero-order valence-electron chi connectivity index (χ0n) is 19.2. The number of rotatable bonds is 5. The lowest BCUT2D eigenvalue weighted by molar-refractivity contribution is -0.123. The first-order valence-electron chi connectivity index (χ1n) is 11.4. The van der Waals surface area contributed by atoms with Gasteiger partial charge in [0.25, 0.3) is 0 Å². The number of phenolic OH excluding ortho intramolecular Hbond substituents is 1. The van der Waals surface area contributed by atoms with Gasteiger partial charge in [0.05, 0.1) is 13.2 Å². The fourth-order valence-electron chi connectivity index (χ4n) is 4.60. The molecule has 0 bridgehead atoms. The van der Waals surface area contributed by atoms with E-state index in [1.807, 2.05) is 49.4 Å². The number of nitrogens with one attached hydrogen (secondary N) is 2. The van der Waals surface area contributed by atoms with E-state index in [0.29, 0.717) is 23.7 Å². The molecule has 2 unspecified atom stereocenters. The van der Waals surface area contributed by atoms with Crippen LogP contribution < -0.4 is 20.1 Å². The molecule has 0 fully saturated rings. The highest BCUT2D eigenvalue weighted by Crippen LogP contribution is 2.37. The van der Waals surface area contributed by atoms with E-state index in [1.54, 1.807) is 25.5 Å². The summed E-state index contributed by atoms with van der Waals surface area (Å²) in [6.07, 6.45) is 2.96. The molecule has 0 aromatic heterocycles. The largest absolute Gasteiger partial charge is 0.508 e. The maximum atomic E-state index is 13.2. The lowest BCUT2D eigenvalue weighted by Gasteiger charge is -2.29. The number of aromatic hydroxyl groups is 1. The molecular formula is C27H27N3O4. The summed E-state index contributed by atoms with van der Waals surface area (Å²) in [7, 11) is 1.61. The number of phenols is 1. The minimum Gasteiger partial charge on any atom is -0.508 e. The predicted octanol–water partition coefficient (Wildman–Crippen LogP) is 4.52. The molecule has 174 valence electrons. The summed E-state index contributed by atoms with van der Waals surface area (Å²) in [5.41, 5.74) is 4.84. The van der Waals surface area contributed by atoms with Crippen molar-refractivity contribution < 1.29 is 19.4 Å². The number of anilines is 1. The Kier molecular flexibility index (Phi) is 5.84. The fourth-order valence-corrected chi connectivity index (χ4v) is 4.60. The van der Waals surface area contributed by atoms with Crippen LogP contribution in [-0.4, -0.2) is 36.9 Å². The van der Waals surface area contributed by atoms with Crippen LogP contribution in [0.1, 0.15) is 34.7 Å². The maximum absolute atomic E-state index is 13.2.